The molecule has 0 fully saturated rings. The first-order valence-corrected chi connectivity index (χ1v) is 8.10. The van der Waals surface area contributed by atoms with E-state index >= 15 is 0 Å². The molecule has 0 heterocycles. The molecule has 0 bridgehead atoms. The van der Waals surface area contributed by atoms with Gasteiger partial charge in [0.15, 0.2) is 0 Å². The van der Waals surface area contributed by atoms with Crippen molar-refractivity contribution < 1.29 is 22.0 Å². The molecule has 0 aliphatic rings. The molecule has 0 aliphatic heterocycles. The van der Waals surface area contributed by atoms with Crippen LogP contribution < -0.4 is 10.0 Å². The number of sulfonamides is 1. The van der Waals surface area contributed by atoms with E-state index in [9.17, 15) is 22.0 Å². The monoisotopic (exact) mass is 360 g/mol. The predicted molar refractivity (Wildman–Crippen MR) is 82.9 cm³/mol. The van der Waals surface area contributed by atoms with E-state index in [1.807, 2.05) is 4.72 Å². The summed E-state index contributed by atoms with van der Waals surface area (Å²) in [5.74, 6) is -2.00. The Hall–Kier alpha value is -2.19. The van der Waals surface area contributed by atoms with Gasteiger partial charge < -0.3 is 5.32 Å². The third kappa shape index (κ3) is 4.17. The summed E-state index contributed by atoms with van der Waals surface area (Å²) in [6.45, 7) is 1.26. The fraction of sp³-hybridized carbons (Fsp3) is 0.0714. The van der Waals surface area contributed by atoms with Gasteiger partial charge in [-0.1, -0.05) is 11.6 Å². The van der Waals surface area contributed by atoms with Gasteiger partial charge in [-0.05, 0) is 36.4 Å². The highest BCUT2D eigenvalue weighted by Crippen LogP contribution is 2.25. The van der Waals surface area contributed by atoms with Gasteiger partial charge in [-0.2, -0.15) is 0 Å². The van der Waals surface area contributed by atoms with Crippen molar-refractivity contribution in [3.63, 3.8) is 0 Å². The van der Waals surface area contributed by atoms with Crippen molar-refractivity contribution in [2.75, 3.05) is 10.0 Å². The molecule has 5 nitrogen and oxygen atoms in total. The zero-order chi connectivity index (χ0) is 17.2. The maximum absolute atomic E-state index is 13.8. The summed E-state index contributed by atoms with van der Waals surface area (Å²) in [5.41, 5.74) is -0.148. The van der Waals surface area contributed by atoms with Gasteiger partial charge in [0.2, 0.25) is 5.91 Å². The molecule has 0 spiro atoms. The van der Waals surface area contributed by atoms with Gasteiger partial charge in [0.05, 0.1) is 15.6 Å². The van der Waals surface area contributed by atoms with E-state index in [-0.39, 0.29) is 21.3 Å². The van der Waals surface area contributed by atoms with Crippen molar-refractivity contribution in [3.8, 4) is 0 Å². The first-order chi connectivity index (χ1) is 10.7. The molecule has 0 radical (unpaired) electrons. The summed E-state index contributed by atoms with van der Waals surface area (Å²) in [6, 6.07) is 6.21. The van der Waals surface area contributed by atoms with Crippen LogP contribution in [0.1, 0.15) is 6.92 Å². The Balaban J connectivity index is 2.36. The summed E-state index contributed by atoms with van der Waals surface area (Å²) in [7, 11) is -4.17. The summed E-state index contributed by atoms with van der Waals surface area (Å²) >= 11 is 5.55. The second-order valence-corrected chi connectivity index (χ2v) is 6.65. The number of hydrogen-bond acceptors (Lipinski definition) is 3. The normalized spacial score (nSPS) is 11.1. The van der Waals surface area contributed by atoms with Crippen LogP contribution in [0.3, 0.4) is 0 Å². The Kier molecular flexibility index (Phi) is 4.86. The van der Waals surface area contributed by atoms with Crippen LogP contribution in [0.25, 0.3) is 0 Å². The Morgan fingerprint density at radius 3 is 2.35 bits per heavy atom. The van der Waals surface area contributed by atoms with Crippen molar-refractivity contribution in [2.45, 2.75) is 11.8 Å². The number of carbonyl (C=O) groups excluding carboxylic acids is 1. The van der Waals surface area contributed by atoms with Gasteiger partial charge in [0.25, 0.3) is 10.0 Å². The highest BCUT2D eigenvalue weighted by atomic mass is 35.5. The van der Waals surface area contributed by atoms with Crippen molar-refractivity contribution in [1.29, 1.82) is 0 Å². The van der Waals surface area contributed by atoms with Crippen LogP contribution in [-0.2, 0) is 14.8 Å². The van der Waals surface area contributed by atoms with Crippen LogP contribution in [0, 0.1) is 11.6 Å². The van der Waals surface area contributed by atoms with Gasteiger partial charge >= 0.3 is 0 Å². The maximum Gasteiger partial charge on any atom is 0.262 e. The fourth-order valence-corrected chi connectivity index (χ4v) is 3.06. The topological polar surface area (TPSA) is 75.3 Å². The Morgan fingerprint density at radius 2 is 1.74 bits per heavy atom. The summed E-state index contributed by atoms with van der Waals surface area (Å²) in [4.78, 5) is 10.7. The van der Waals surface area contributed by atoms with Gasteiger partial charge in [0, 0.05) is 12.6 Å². The van der Waals surface area contributed by atoms with Crippen LogP contribution in [0.5, 0.6) is 0 Å². The number of amides is 1. The molecule has 0 saturated heterocycles. The minimum absolute atomic E-state index is 0.216. The number of rotatable bonds is 4. The highest BCUT2D eigenvalue weighted by molar-refractivity contribution is 7.92. The van der Waals surface area contributed by atoms with E-state index in [1.165, 1.54) is 13.0 Å². The average Bonchev–Trinajstić information content (AvgIpc) is 2.44. The van der Waals surface area contributed by atoms with Crippen LogP contribution >= 0.6 is 11.6 Å². The lowest BCUT2D eigenvalue weighted by atomic mass is 10.2. The zero-order valence-corrected chi connectivity index (χ0v) is 13.3. The lowest BCUT2D eigenvalue weighted by molar-refractivity contribution is -0.114. The van der Waals surface area contributed by atoms with Crippen LogP contribution in [0.4, 0.5) is 20.2 Å². The molecule has 23 heavy (non-hydrogen) atoms. The molecular formula is C14H11ClF2N2O3S. The largest absolute Gasteiger partial charge is 0.326 e. The molecule has 2 aromatic rings. The van der Waals surface area contributed by atoms with E-state index in [0.717, 1.165) is 30.3 Å². The van der Waals surface area contributed by atoms with Gasteiger partial charge in [-0.15, -0.1) is 0 Å². The first kappa shape index (κ1) is 17.2. The molecular weight excluding hydrogens is 350 g/mol. The zero-order valence-electron chi connectivity index (χ0n) is 11.7. The highest BCUT2D eigenvalue weighted by Gasteiger charge is 2.18. The lowest BCUT2D eigenvalue weighted by Crippen LogP contribution is -2.15. The Bertz CT molecular complexity index is 872. The van der Waals surface area contributed by atoms with Crippen molar-refractivity contribution in [1.82, 2.24) is 0 Å². The van der Waals surface area contributed by atoms with Gasteiger partial charge in [-0.3, -0.25) is 9.52 Å². The maximum atomic E-state index is 13.8. The molecule has 2 aromatic carbocycles. The fourth-order valence-electron chi connectivity index (χ4n) is 1.73. The average molecular weight is 361 g/mol. The predicted octanol–water partition coefficient (Wildman–Crippen LogP) is 3.38. The Morgan fingerprint density at radius 1 is 1.09 bits per heavy atom. The molecule has 0 saturated carbocycles. The molecule has 0 unspecified atom stereocenters. The third-order valence-electron chi connectivity index (χ3n) is 2.73. The smallest absolute Gasteiger partial charge is 0.262 e. The number of anilines is 2. The van der Waals surface area contributed by atoms with Crippen LogP contribution in [-0.4, -0.2) is 14.3 Å². The molecule has 9 heteroatoms. The minimum Gasteiger partial charge on any atom is -0.326 e. The summed E-state index contributed by atoms with van der Waals surface area (Å²) in [6.07, 6.45) is 0. The minimum atomic E-state index is -4.17. The first-order valence-electron chi connectivity index (χ1n) is 6.24. The molecule has 0 aromatic heterocycles. The van der Waals surface area contributed by atoms with E-state index in [4.69, 9.17) is 11.6 Å². The van der Waals surface area contributed by atoms with Crippen molar-refractivity contribution in [2.24, 2.45) is 0 Å². The number of hydrogen-bond donors (Lipinski definition) is 2. The number of halogens is 3. The standard InChI is InChI=1S/C14H11ClF2N2O3S/c1-8(20)18-9-2-4-13(17)14(6-9)19-23(21,22)10-3-5-12(16)11(15)7-10/h2-7,19H,1H3,(H,18,20). The molecule has 122 valence electrons. The number of carbonyl (C=O) groups is 1. The van der Waals surface area contributed by atoms with Crippen LogP contribution in [0.2, 0.25) is 5.02 Å². The molecule has 1 amide bonds. The molecule has 2 rings (SSSR count). The van der Waals surface area contributed by atoms with E-state index in [0.29, 0.717) is 0 Å². The van der Waals surface area contributed by atoms with Gasteiger partial charge in [0.1, 0.15) is 11.6 Å². The summed E-state index contributed by atoms with van der Waals surface area (Å²) in [5, 5.41) is 2.03. The third-order valence-corrected chi connectivity index (χ3v) is 4.39. The second-order valence-electron chi connectivity index (χ2n) is 4.56. The number of nitrogens with one attached hydrogen (secondary N) is 2. The van der Waals surface area contributed by atoms with Crippen LogP contribution in [0.15, 0.2) is 41.3 Å². The molecule has 2 N–H and O–H groups in total. The van der Waals surface area contributed by atoms with Crippen molar-refractivity contribution >= 4 is 38.9 Å². The molecule has 0 atom stereocenters. The van der Waals surface area contributed by atoms with Gasteiger partial charge in [-0.25, -0.2) is 17.2 Å². The van der Waals surface area contributed by atoms with E-state index in [2.05, 4.69) is 5.32 Å². The molecule has 0 aliphatic carbocycles. The lowest BCUT2D eigenvalue weighted by Gasteiger charge is -2.11. The Labute approximate surface area is 136 Å². The number of benzene rings is 2. The van der Waals surface area contributed by atoms with E-state index in [1.54, 1.807) is 0 Å². The van der Waals surface area contributed by atoms with Crippen molar-refractivity contribution in [3.05, 3.63) is 53.1 Å². The quantitative estimate of drug-likeness (QED) is 0.877. The SMILES string of the molecule is CC(=O)Nc1ccc(F)c(NS(=O)(=O)c2ccc(F)c(Cl)c2)c1. The van der Waals surface area contributed by atoms with E-state index < -0.39 is 27.6 Å². The second kappa shape index (κ2) is 6.51. The summed E-state index contributed by atoms with van der Waals surface area (Å²) < 4.78 is 53.3.